The molecule has 3 aromatic heterocycles. The Labute approximate surface area is 207 Å². The maximum Gasteiger partial charge on any atom is 0.241 e. The van der Waals surface area contributed by atoms with E-state index >= 15 is 0 Å². The fraction of sp³-hybridized carbons (Fsp3) is 0.160. The summed E-state index contributed by atoms with van der Waals surface area (Å²) in [4.78, 5) is 22.5. The summed E-state index contributed by atoms with van der Waals surface area (Å²) in [6, 6.07) is 17.1. The standard InChI is InChI=1S/C25H24N8O3/c1-34-20-12-17(13-21(35-2)22(20)36-3)30-23-28-15-29-25(32-23)33-19-10-5-4-9-18(19)31-24(33)27-14-16-8-6-7-11-26-16/h4-13,15H,14H2,1-3H3,(H,27,31)(H,28,29,30,32). The third-order valence-corrected chi connectivity index (χ3v) is 5.39. The van der Waals surface area contributed by atoms with Crippen LogP contribution in [0.1, 0.15) is 5.69 Å². The van der Waals surface area contributed by atoms with Crippen molar-refractivity contribution in [3.8, 4) is 23.2 Å². The highest BCUT2D eigenvalue weighted by Gasteiger charge is 2.17. The first-order chi connectivity index (χ1) is 17.7. The zero-order chi connectivity index (χ0) is 24.9. The highest BCUT2D eigenvalue weighted by molar-refractivity contribution is 5.80. The molecule has 182 valence electrons. The summed E-state index contributed by atoms with van der Waals surface area (Å²) in [5.74, 6) is 2.84. The van der Waals surface area contributed by atoms with Gasteiger partial charge in [-0.25, -0.2) is 19.5 Å². The molecule has 0 bridgehead atoms. The molecule has 5 aromatic rings. The normalized spacial score (nSPS) is 10.8. The second kappa shape index (κ2) is 10.1. The predicted molar refractivity (Wildman–Crippen MR) is 135 cm³/mol. The van der Waals surface area contributed by atoms with Gasteiger partial charge in [0.15, 0.2) is 11.5 Å². The molecule has 0 aliphatic carbocycles. The number of methoxy groups -OCH3 is 3. The van der Waals surface area contributed by atoms with Crippen LogP contribution in [0, 0.1) is 0 Å². The summed E-state index contributed by atoms with van der Waals surface area (Å²) in [6.07, 6.45) is 3.20. The third-order valence-electron chi connectivity index (χ3n) is 5.39. The zero-order valence-corrected chi connectivity index (χ0v) is 20.0. The van der Waals surface area contributed by atoms with Crippen LogP contribution in [0.2, 0.25) is 0 Å². The highest BCUT2D eigenvalue weighted by atomic mass is 16.5. The van der Waals surface area contributed by atoms with E-state index in [1.54, 1.807) is 39.7 Å². The fourth-order valence-electron chi connectivity index (χ4n) is 3.76. The van der Waals surface area contributed by atoms with Crippen LogP contribution in [0.15, 0.2) is 67.1 Å². The van der Waals surface area contributed by atoms with E-state index in [1.165, 1.54) is 6.33 Å². The first-order valence-corrected chi connectivity index (χ1v) is 11.1. The van der Waals surface area contributed by atoms with Gasteiger partial charge in [-0.3, -0.25) is 4.98 Å². The van der Waals surface area contributed by atoms with Crippen molar-refractivity contribution >= 4 is 28.6 Å². The monoisotopic (exact) mass is 484 g/mol. The Morgan fingerprint density at radius 1 is 0.833 bits per heavy atom. The maximum atomic E-state index is 5.44. The lowest BCUT2D eigenvalue weighted by Gasteiger charge is -2.15. The number of para-hydroxylation sites is 2. The number of hydrogen-bond donors (Lipinski definition) is 2. The molecule has 0 saturated carbocycles. The average Bonchev–Trinajstić information content (AvgIpc) is 3.30. The largest absolute Gasteiger partial charge is 0.493 e. The Bertz CT molecular complexity index is 1460. The first-order valence-electron chi connectivity index (χ1n) is 11.1. The molecule has 0 fully saturated rings. The van der Waals surface area contributed by atoms with Gasteiger partial charge in [-0.1, -0.05) is 18.2 Å². The molecule has 11 nitrogen and oxygen atoms in total. The number of fused-ring (bicyclic) bond motifs is 1. The van der Waals surface area contributed by atoms with E-state index in [1.807, 2.05) is 47.0 Å². The molecular formula is C25H24N8O3. The number of ether oxygens (including phenoxy) is 3. The second-order valence-electron chi connectivity index (χ2n) is 7.58. The molecule has 0 spiro atoms. The minimum Gasteiger partial charge on any atom is -0.493 e. The van der Waals surface area contributed by atoms with Gasteiger partial charge in [0, 0.05) is 24.0 Å². The quantitative estimate of drug-likeness (QED) is 0.318. The molecule has 5 rings (SSSR count). The summed E-state index contributed by atoms with van der Waals surface area (Å²) >= 11 is 0. The SMILES string of the molecule is COc1cc(Nc2ncnc(-n3c(NCc4ccccn4)nc4ccccc43)n2)cc(OC)c1OC. The summed E-state index contributed by atoms with van der Waals surface area (Å²) in [5, 5.41) is 6.54. The Balaban J connectivity index is 1.50. The van der Waals surface area contributed by atoms with E-state index in [-0.39, 0.29) is 0 Å². The molecule has 3 heterocycles. The van der Waals surface area contributed by atoms with Crippen molar-refractivity contribution in [3.63, 3.8) is 0 Å². The number of pyridine rings is 1. The molecule has 2 aromatic carbocycles. The van der Waals surface area contributed by atoms with Crippen molar-refractivity contribution in [3.05, 3.63) is 72.8 Å². The molecular weight excluding hydrogens is 460 g/mol. The maximum absolute atomic E-state index is 5.44. The first kappa shape index (κ1) is 22.8. The molecule has 0 aliphatic heterocycles. The van der Waals surface area contributed by atoms with Gasteiger partial charge in [-0.05, 0) is 24.3 Å². The lowest BCUT2D eigenvalue weighted by atomic mass is 10.2. The van der Waals surface area contributed by atoms with Crippen LogP contribution in [0.25, 0.3) is 17.0 Å². The van der Waals surface area contributed by atoms with Gasteiger partial charge in [0.2, 0.25) is 23.6 Å². The van der Waals surface area contributed by atoms with Crippen molar-refractivity contribution in [1.29, 1.82) is 0 Å². The average molecular weight is 485 g/mol. The number of nitrogens with one attached hydrogen (secondary N) is 2. The van der Waals surface area contributed by atoms with Crippen molar-refractivity contribution in [2.75, 3.05) is 32.0 Å². The molecule has 0 atom stereocenters. The number of benzene rings is 2. The Hall–Kier alpha value is -4.93. The number of rotatable bonds is 9. The van der Waals surface area contributed by atoms with Gasteiger partial charge in [0.25, 0.3) is 0 Å². The molecule has 36 heavy (non-hydrogen) atoms. The van der Waals surface area contributed by atoms with E-state index in [0.717, 1.165) is 16.7 Å². The van der Waals surface area contributed by atoms with Gasteiger partial charge >= 0.3 is 0 Å². The van der Waals surface area contributed by atoms with Crippen molar-refractivity contribution in [1.82, 2.24) is 29.5 Å². The van der Waals surface area contributed by atoms with Crippen LogP contribution in [0.3, 0.4) is 0 Å². The Kier molecular flexibility index (Phi) is 6.43. The summed E-state index contributed by atoms with van der Waals surface area (Å²) in [7, 11) is 4.68. The van der Waals surface area contributed by atoms with E-state index in [9.17, 15) is 0 Å². The van der Waals surface area contributed by atoms with Crippen molar-refractivity contribution in [2.45, 2.75) is 6.54 Å². The predicted octanol–water partition coefficient (Wildman–Crippen LogP) is 3.99. The molecule has 0 radical (unpaired) electrons. The van der Waals surface area contributed by atoms with Gasteiger partial charge in [-0.2, -0.15) is 4.98 Å². The molecule has 0 aliphatic rings. The van der Waals surface area contributed by atoms with E-state index < -0.39 is 0 Å². The van der Waals surface area contributed by atoms with E-state index in [0.29, 0.717) is 47.3 Å². The van der Waals surface area contributed by atoms with Gasteiger partial charge in [-0.15, -0.1) is 0 Å². The molecule has 0 unspecified atom stereocenters. The summed E-state index contributed by atoms with van der Waals surface area (Å²) in [5.41, 5.74) is 3.20. The zero-order valence-electron chi connectivity index (χ0n) is 20.0. The third kappa shape index (κ3) is 4.53. The van der Waals surface area contributed by atoms with Crippen LogP contribution >= 0.6 is 0 Å². The number of imidazole rings is 1. The van der Waals surface area contributed by atoms with Crippen molar-refractivity contribution in [2.24, 2.45) is 0 Å². The number of anilines is 3. The van der Waals surface area contributed by atoms with Crippen LogP contribution in [0.4, 0.5) is 17.6 Å². The second-order valence-corrected chi connectivity index (χ2v) is 7.58. The lowest BCUT2D eigenvalue weighted by molar-refractivity contribution is 0.324. The van der Waals surface area contributed by atoms with Crippen LogP contribution in [-0.2, 0) is 6.54 Å². The minimum atomic E-state index is 0.336. The van der Waals surface area contributed by atoms with Crippen LogP contribution in [0.5, 0.6) is 17.2 Å². The number of hydrogen-bond acceptors (Lipinski definition) is 10. The molecule has 2 N–H and O–H groups in total. The van der Waals surface area contributed by atoms with E-state index in [2.05, 4.69) is 30.6 Å². The van der Waals surface area contributed by atoms with Gasteiger partial charge < -0.3 is 24.8 Å². The number of aromatic nitrogens is 6. The fourth-order valence-corrected chi connectivity index (χ4v) is 3.76. The Morgan fingerprint density at radius 2 is 1.61 bits per heavy atom. The summed E-state index contributed by atoms with van der Waals surface area (Å²) < 4.78 is 18.1. The highest BCUT2D eigenvalue weighted by Crippen LogP contribution is 2.40. The van der Waals surface area contributed by atoms with Crippen LogP contribution < -0.4 is 24.8 Å². The van der Waals surface area contributed by atoms with E-state index in [4.69, 9.17) is 19.2 Å². The lowest BCUT2D eigenvalue weighted by Crippen LogP contribution is -2.11. The van der Waals surface area contributed by atoms with Gasteiger partial charge in [0.1, 0.15) is 6.33 Å². The molecule has 0 saturated heterocycles. The van der Waals surface area contributed by atoms with Gasteiger partial charge in [0.05, 0.1) is 44.6 Å². The minimum absolute atomic E-state index is 0.336. The Morgan fingerprint density at radius 3 is 2.33 bits per heavy atom. The molecule has 11 heteroatoms. The van der Waals surface area contributed by atoms with Crippen LogP contribution in [-0.4, -0.2) is 50.8 Å². The smallest absolute Gasteiger partial charge is 0.241 e. The molecule has 0 amide bonds. The number of nitrogens with zero attached hydrogens (tertiary/aromatic N) is 6. The van der Waals surface area contributed by atoms with Crippen molar-refractivity contribution < 1.29 is 14.2 Å². The summed E-state index contributed by atoms with van der Waals surface area (Å²) in [6.45, 7) is 0.492. The topological polar surface area (TPSA) is 121 Å².